The number of rotatable bonds is 3. The van der Waals surface area contributed by atoms with E-state index in [0.29, 0.717) is 0 Å². The van der Waals surface area contributed by atoms with Crippen LogP contribution in [0.25, 0.3) is 0 Å². The third-order valence-corrected chi connectivity index (χ3v) is 4.97. The fraction of sp³-hybridized carbons (Fsp3) is 0.444. The van der Waals surface area contributed by atoms with E-state index >= 15 is 0 Å². The van der Waals surface area contributed by atoms with Crippen molar-refractivity contribution in [2.45, 2.75) is 48.1 Å². The summed E-state index contributed by atoms with van der Waals surface area (Å²) in [5.41, 5.74) is 5.55. The standard InChI is InChI=1S/C16H21NS.C2H6/c1-11-6-8-15(9-7-11)10-17(5)16-13(3)12(2)14(4)18-16;1-2/h6-9H,10H2,1-5H3;1-2H3. The lowest BCUT2D eigenvalue weighted by Gasteiger charge is -2.18. The molecule has 0 fully saturated rings. The first kappa shape index (κ1) is 16.8. The van der Waals surface area contributed by atoms with Gasteiger partial charge in [0.2, 0.25) is 0 Å². The molecule has 0 aliphatic rings. The molecule has 0 bridgehead atoms. The van der Waals surface area contributed by atoms with Crippen LogP contribution in [-0.2, 0) is 6.54 Å². The van der Waals surface area contributed by atoms with Crippen LogP contribution in [0.1, 0.15) is 41.0 Å². The maximum absolute atomic E-state index is 2.35. The van der Waals surface area contributed by atoms with Crippen LogP contribution < -0.4 is 4.90 Å². The van der Waals surface area contributed by atoms with Crippen LogP contribution in [0.2, 0.25) is 0 Å². The average molecular weight is 289 g/mol. The minimum absolute atomic E-state index is 0.973. The van der Waals surface area contributed by atoms with Crippen LogP contribution in [-0.4, -0.2) is 7.05 Å². The fourth-order valence-electron chi connectivity index (χ4n) is 2.13. The van der Waals surface area contributed by atoms with Crippen molar-refractivity contribution in [2.24, 2.45) is 0 Å². The smallest absolute Gasteiger partial charge is 0.0944 e. The molecule has 1 aromatic heterocycles. The van der Waals surface area contributed by atoms with E-state index in [1.807, 2.05) is 25.2 Å². The summed E-state index contributed by atoms with van der Waals surface area (Å²) in [5, 5.41) is 1.39. The number of nitrogens with zero attached hydrogens (tertiary/aromatic N) is 1. The molecule has 0 unspecified atom stereocenters. The van der Waals surface area contributed by atoms with E-state index in [1.165, 1.54) is 32.1 Å². The summed E-state index contributed by atoms with van der Waals surface area (Å²) in [5.74, 6) is 0. The average Bonchev–Trinajstić information content (AvgIpc) is 2.71. The molecule has 1 aromatic carbocycles. The number of hydrogen-bond acceptors (Lipinski definition) is 2. The van der Waals surface area contributed by atoms with E-state index in [0.717, 1.165) is 6.54 Å². The highest BCUT2D eigenvalue weighted by Gasteiger charge is 2.12. The van der Waals surface area contributed by atoms with Crippen LogP contribution in [0.4, 0.5) is 5.00 Å². The van der Waals surface area contributed by atoms with Gasteiger partial charge < -0.3 is 4.90 Å². The normalized spacial score (nSPS) is 9.95. The van der Waals surface area contributed by atoms with Gasteiger partial charge in [0.1, 0.15) is 0 Å². The van der Waals surface area contributed by atoms with E-state index in [2.05, 4.69) is 63.9 Å². The molecule has 0 amide bonds. The Morgan fingerprint density at radius 1 is 0.900 bits per heavy atom. The topological polar surface area (TPSA) is 3.24 Å². The summed E-state index contributed by atoms with van der Waals surface area (Å²) in [6.07, 6.45) is 0. The second kappa shape index (κ2) is 7.49. The molecule has 20 heavy (non-hydrogen) atoms. The second-order valence-corrected chi connectivity index (χ2v) is 6.26. The lowest BCUT2D eigenvalue weighted by molar-refractivity contribution is 0.928. The van der Waals surface area contributed by atoms with E-state index < -0.39 is 0 Å². The van der Waals surface area contributed by atoms with Gasteiger partial charge in [0.15, 0.2) is 0 Å². The predicted octanol–water partition coefficient (Wildman–Crippen LogP) is 5.64. The maximum atomic E-state index is 2.35. The highest BCUT2D eigenvalue weighted by molar-refractivity contribution is 7.16. The SMILES string of the molecule is CC.Cc1ccc(CN(C)c2sc(C)c(C)c2C)cc1. The third-order valence-electron chi connectivity index (χ3n) is 3.55. The molecule has 1 heterocycles. The molecule has 0 N–H and O–H groups in total. The lowest BCUT2D eigenvalue weighted by atomic mass is 10.1. The van der Waals surface area contributed by atoms with Crippen LogP contribution in [0.5, 0.6) is 0 Å². The molecule has 0 radical (unpaired) electrons. The molecule has 2 rings (SSSR count). The Morgan fingerprint density at radius 2 is 1.45 bits per heavy atom. The largest absolute Gasteiger partial charge is 0.362 e. The van der Waals surface area contributed by atoms with E-state index in [-0.39, 0.29) is 0 Å². The van der Waals surface area contributed by atoms with E-state index in [9.17, 15) is 0 Å². The zero-order valence-corrected chi connectivity index (χ0v) is 14.7. The Balaban J connectivity index is 0.000000956. The van der Waals surface area contributed by atoms with Gasteiger partial charge in [-0.05, 0) is 44.4 Å². The highest BCUT2D eigenvalue weighted by atomic mass is 32.1. The zero-order chi connectivity index (χ0) is 15.3. The molecule has 0 atom stereocenters. The molecular weight excluding hydrogens is 262 g/mol. The van der Waals surface area contributed by atoms with Gasteiger partial charge in [0, 0.05) is 18.5 Å². The Labute approximate surface area is 128 Å². The first-order valence-electron chi connectivity index (χ1n) is 7.32. The quantitative estimate of drug-likeness (QED) is 0.706. The summed E-state index contributed by atoms with van der Waals surface area (Å²) in [6.45, 7) is 13.7. The summed E-state index contributed by atoms with van der Waals surface area (Å²) in [7, 11) is 2.18. The van der Waals surface area contributed by atoms with Crippen molar-refractivity contribution in [3.05, 3.63) is 51.4 Å². The van der Waals surface area contributed by atoms with Crippen molar-refractivity contribution < 1.29 is 0 Å². The molecular formula is C18H27NS. The monoisotopic (exact) mass is 289 g/mol. The van der Waals surface area contributed by atoms with Crippen molar-refractivity contribution in [2.75, 3.05) is 11.9 Å². The minimum Gasteiger partial charge on any atom is -0.362 e. The van der Waals surface area contributed by atoms with Crippen molar-refractivity contribution in [3.8, 4) is 0 Å². The minimum atomic E-state index is 0.973. The van der Waals surface area contributed by atoms with Gasteiger partial charge in [-0.2, -0.15) is 0 Å². The van der Waals surface area contributed by atoms with Crippen molar-refractivity contribution in [3.63, 3.8) is 0 Å². The molecule has 0 spiro atoms. The number of anilines is 1. The van der Waals surface area contributed by atoms with Gasteiger partial charge >= 0.3 is 0 Å². The first-order valence-corrected chi connectivity index (χ1v) is 8.14. The molecule has 0 aliphatic heterocycles. The van der Waals surface area contributed by atoms with E-state index in [4.69, 9.17) is 0 Å². The van der Waals surface area contributed by atoms with Crippen molar-refractivity contribution in [1.82, 2.24) is 0 Å². The molecule has 0 saturated carbocycles. The number of thiophene rings is 1. The first-order chi connectivity index (χ1) is 9.49. The Morgan fingerprint density at radius 3 is 1.90 bits per heavy atom. The van der Waals surface area contributed by atoms with Crippen LogP contribution in [0.3, 0.4) is 0 Å². The lowest BCUT2D eigenvalue weighted by Crippen LogP contribution is -2.15. The summed E-state index contributed by atoms with van der Waals surface area (Å²) in [6, 6.07) is 8.80. The van der Waals surface area contributed by atoms with Gasteiger partial charge in [0.25, 0.3) is 0 Å². The summed E-state index contributed by atoms with van der Waals surface area (Å²) < 4.78 is 0. The van der Waals surface area contributed by atoms with Gasteiger partial charge in [0.05, 0.1) is 5.00 Å². The Bertz CT molecular complexity index is 537. The molecule has 0 aliphatic carbocycles. The summed E-state index contributed by atoms with van der Waals surface area (Å²) >= 11 is 1.90. The van der Waals surface area contributed by atoms with Crippen LogP contribution in [0.15, 0.2) is 24.3 Å². The van der Waals surface area contributed by atoms with Crippen molar-refractivity contribution >= 4 is 16.3 Å². The molecule has 2 aromatic rings. The Hall–Kier alpha value is -1.28. The number of benzene rings is 1. The predicted molar refractivity (Wildman–Crippen MR) is 93.2 cm³/mol. The number of aryl methyl sites for hydroxylation is 2. The molecule has 2 heteroatoms. The second-order valence-electron chi connectivity index (χ2n) is 5.06. The van der Waals surface area contributed by atoms with E-state index in [1.54, 1.807) is 0 Å². The third kappa shape index (κ3) is 3.86. The molecule has 0 saturated heterocycles. The molecule has 1 nitrogen and oxygen atoms in total. The van der Waals surface area contributed by atoms with Gasteiger partial charge in [-0.25, -0.2) is 0 Å². The Kier molecular flexibility index (Phi) is 6.28. The zero-order valence-electron chi connectivity index (χ0n) is 13.9. The molecule has 110 valence electrons. The van der Waals surface area contributed by atoms with Crippen LogP contribution >= 0.6 is 11.3 Å². The van der Waals surface area contributed by atoms with Crippen molar-refractivity contribution in [1.29, 1.82) is 0 Å². The highest BCUT2D eigenvalue weighted by Crippen LogP contribution is 2.34. The van der Waals surface area contributed by atoms with Crippen LogP contribution in [0, 0.1) is 27.7 Å². The van der Waals surface area contributed by atoms with Gasteiger partial charge in [-0.3, -0.25) is 0 Å². The number of hydrogen-bond donors (Lipinski definition) is 0. The summed E-state index contributed by atoms with van der Waals surface area (Å²) in [4.78, 5) is 3.78. The van der Waals surface area contributed by atoms with Gasteiger partial charge in [-0.1, -0.05) is 43.7 Å². The fourth-order valence-corrected chi connectivity index (χ4v) is 3.25. The maximum Gasteiger partial charge on any atom is 0.0944 e. The van der Waals surface area contributed by atoms with Gasteiger partial charge in [-0.15, -0.1) is 11.3 Å².